The minimum atomic E-state index is -1.20. The van der Waals surface area contributed by atoms with Gasteiger partial charge in [0.05, 0.1) is 24.4 Å². The number of nitrogens with zero attached hydrogens (tertiary/aromatic N) is 2. The lowest BCUT2D eigenvalue weighted by Gasteiger charge is -2.23. The summed E-state index contributed by atoms with van der Waals surface area (Å²) in [5.41, 5.74) is 0.686. The third kappa shape index (κ3) is 3.91. The number of thiazole rings is 1. The number of rotatable bonds is 6. The van der Waals surface area contributed by atoms with Gasteiger partial charge in [0, 0.05) is 18.2 Å². The quantitative estimate of drug-likeness (QED) is 0.784. The molecule has 0 aliphatic carbocycles. The number of hydrogen-bond donors (Lipinski definition) is 1. The summed E-state index contributed by atoms with van der Waals surface area (Å²) in [6, 6.07) is 9.53. The van der Waals surface area contributed by atoms with E-state index in [1.54, 1.807) is 5.38 Å². The van der Waals surface area contributed by atoms with Gasteiger partial charge in [0.1, 0.15) is 5.69 Å². The molecular formula is C18H19N3O4S. The lowest BCUT2D eigenvalue weighted by atomic mass is 9.89. The average Bonchev–Trinajstić information content (AvgIpc) is 3.27. The van der Waals surface area contributed by atoms with Crippen LogP contribution in [0.4, 0.5) is 0 Å². The van der Waals surface area contributed by atoms with E-state index in [0.717, 1.165) is 10.6 Å². The highest BCUT2D eigenvalue weighted by Gasteiger charge is 2.47. The van der Waals surface area contributed by atoms with Gasteiger partial charge in [0.2, 0.25) is 5.60 Å². The number of oxime groups is 1. The summed E-state index contributed by atoms with van der Waals surface area (Å²) in [6.07, 6.45) is 0.595. The van der Waals surface area contributed by atoms with Gasteiger partial charge in [-0.1, -0.05) is 35.5 Å². The number of ether oxygens (including phenoxy) is 1. The molecule has 0 radical (unpaired) electrons. The molecule has 8 heteroatoms. The Balaban J connectivity index is 1.64. The Bertz CT molecular complexity index is 834. The first kappa shape index (κ1) is 18.1. The van der Waals surface area contributed by atoms with Crippen molar-refractivity contribution in [1.29, 1.82) is 0 Å². The fourth-order valence-corrected chi connectivity index (χ4v) is 3.36. The Morgan fingerprint density at radius 1 is 1.35 bits per heavy atom. The van der Waals surface area contributed by atoms with Gasteiger partial charge in [0.25, 0.3) is 5.91 Å². The molecule has 1 aromatic carbocycles. The van der Waals surface area contributed by atoms with Crippen molar-refractivity contribution < 1.29 is 19.2 Å². The van der Waals surface area contributed by atoms with Crippen LogP contribution in [0.25, 0.3) is 0 Å². The summed E-state index contributed by atoms with van der Waals surface area (Å²) in [6.45, 7) is 2.02. The number of aryl methyl sites for hydroxylation is 1. The molecule has 26 heavy (non-hydrogen) atoms. The van der Waals surface area contributed by atoms with E-state index < -0.39 is 11.6 Å². The Labute approximate surface area is 155 Å². The van der Waals surface area contributed by atoms with Crippen LogP contribution in [0.1, 0.15) is 27.5 Å². The third-order valence-corrected chi connectivity index (χ3v) is 4.81. The van der Waals surface area contributed by atoms with Crippen LogP contribution in [0.3, 0.4) is 0 Å². The van der Waals surface area contributed by atoms with Gasteiger partial charge in [-0.2, -0.15) is 0 Å². The molecule has 2 heterocycles. The van der Waals surface area contributed by atoms with Crippen molar-refractivity contribution in [3.8, 4) is 0 Å². The van der Waals surface area contributed by atoms with Crippen molar-refractivity contribution in [3.63, 3.8) is 0 Å². The molecule has 1 amide bonds. The molecule has 136 valence electrons. The standard InChI is InChI=1S/C18H19N3O4S/c1-12-20-15(11-26-12)16(22)19-10-14-9-18(25-21-14,17(23)24-2)8-13-6-4-3-5-7-13/h3-7,11H,8-10H2,1-2H3,(H,19,22). The Morgan fingerprint density at radius 3 is 2.77 bits per heavy atom. The van der Waals surface area contributed by atoms with E-state index in [-0.39, 0.29) is 18.9 Å². The molecule has 0 saturated heterocycles. The first-order chi connectivity index (χ1) is 12.5. The predicted molar refractivity (Wildman–Crippen MR) is 97.2 cm³/mol. The van der Waals surface area contributed by atoms with E-state index >= 15 is 0 Å². The maximum absolute atomic E-state index is 12.3. The van der Waals surface area contributed by atoms with Crippen molar-refractivity contribution in [2.24, 2.45) is 5.16 Å². The zero-order valence-corrected chi connectivity index (χ0v) is 15.3. The van der Waals surface area contributed by atoms with E-state index in [4.69, 9.17) is 9.57 Å². The van der Waals surface area contributed by atoms with Gasteiger partial charge < -0.3 is 14.9 Å². The first-order valence-corrected chi connectivity index (χ1v) is 8.97. The Kier molecular flexibility index (Phi) is 5.32. The number of carbonyl (C=O) groups excluding carboxylic acids is 2. The SMILES string of the molecule is COC(=O)C1(Cc2ccccc2)CC(CNC(=O)c2csc(C)n2)=NO1. The normalized spacial score (nSPS) is 18.8. The molecule has 0 spiro atoms. The molecule has 1 aliphatic heterocycles. The number of amides is 1. The molecule has 1 aromatic heterocycles. The summed E-state index contributed by atoms with van der Waals surface area (Å²) in [7, 11) is 1.32. The van der Waals surface area contributed by atoms with Crippen LogP contribution in [0, 0.1) is 6.92 Å². The minimum absolute atomic E-state index is 0.183. The van der Waals surface area contributed by atoms with Crippen LogP contribution in [0.15, 0.2) is 40.9 Å². The molecule has 1 aliphatic rings. The van der Waals surface area contributed by atoms with E-state index in [2.05, 4.69) is 15.5 Å². The van der Waals surface area contributed by atoms with Gasteiger partial charge in [-0.05, 0) is 12.5 Å². The van der Waals surface area contributed by atoms with Crippen molar-refractivity contribution >= 4 is 28.9 Å². The summed E-state index contributed by atoms with van der Waals surface area (Å²) in [4.78, 5) is 34.1. The van der Waals surface area contributed by atoms with Gasteiger partial charge in [-0.3, -0.25) is 4.79 Å². The predicted octanol–water partition coefficient (Wildman–Crippen LogP) is 2.11. The number of hydrogen-bond acceptors (Lipinski definition) is 7. The second-order valence-corrected chi connectivity index (χ2v) is 7.07. The zero-order valence-electron chi connectivity index (χ0n) is 14.5. The van der Waals surface area contributed by atoms with E-state index in [0.29, 0.717) is 17.8 Å². The maximum atomic E-state index is 12.3. The van der Waals surface area contributed by atoms with Gasteiger partial charge in [-0.15, -0.1) is 11.3 Å². The molecule has 7 nitrogen and oxygen atoms in total. The van der Waals surface area contributed by atoms with E-state index in [1.807, 2.05) is 37.3 Å². The summed E-state index contributed by atoms with van der Waals surface area (Å²) < 4.78 is 4.92. The van der Waals surface area contributed by atoms with Crippen LogP contribution in [0.2, 0.25) is 0 Å². The molecule has 0 bridgehead atoms. The molecular weight excluding hydrogens is 354 g/mol. The molecule has 2 aromatic rings. The van der Waals surface area contributed by atoms with Crippen molar-refractivity contribution in [2.45, 2.75) is 25.4 Å². The second-order valence-electron chi connectivity index (χ2n) is 6.01. The number of benzene rings is 1. The van der Waals surface area contributed by atoms with E-state index in [9.17, 15) is 9.59 Å². The number of nitrogens with one attached hydrogen (secondary N) is 1. The number of aromatic nitrogens is 1. The van der Waals surface area contributed by atoms with Crippen molar-refractivity contribution in [2.75, 3.05) is 13.7 Å². The zero-order chi connectivity index (χ0) is 18.6. The van der Waals surface area contributed by atoms with Crippen LogP contribution >= 0.6 is 11.3 Å². The van der Waals surface area contributed by atoms with Crippen molar-refractivity contribution in [1.82, 2.24) is 10.3 Å². The molecule has 1 atom stereocenters. The first-order valence-electron chi connectivity index (χ1n) is 8.09. The van der Waals surface area contributed by atoms with Crippen molar-refractivity contribution in [3.05, 3.63) is 52.0 Å². The maximum Gasteiger partial charge on any atom is 0.353 e. The summed E-state index contributed by atoms with van der Waals surface area (Å²) in [5, 5.41) is 9.29. The number of carbonyl (C=O) groups is 2. The number of esters is 1. The van der Waals surface area contributed by atoms with Crippen LogP contribution < -0.4 is 5.32 Å². The van der Waals surface area contributed by atoms with Gasteiger partial charge >= 0.3 is 5.97 Å². The van der Waals surface area contributed by atoms with Crippen LogP contribution in [-0.4, -0.2) is 41.8 Å². The third-order valence-electron chi connectivity index (χ3n) is 4.03. The van der Waals surface area contributed by atoms with E-state index in [1.165, 1.54) is 18.4 Å². The monoisotopic (exact) mass is 373 g/mol. The highest BCUT2D eigenvalue weighted by Crippen LogP contribution is 2.29. The molecule has 3 rings (SSSR count). The smallest absolute Gasteiger partial charge is 0.353 e. The number of methoxy groups -OCH3 is 1. The fraction of sp³-hybridized carbons (Fsp3) is 0.333. The van der Waals surface area contributed by atoms with Gasteiger partial charge in [-0.25, -0.2) is 9.78 Å². The summed E-state index contributed by atoms with van der Waals surface area (Å²) >= 11 is 1.41. The Morgan fingerprint density at radius 2 is 2.12 bits per heavy atom. The lowest BCUT2D eigenvalue weighted by Crippen LogP contribution is -2.43. The minimum Gasteiger partial charge on any atom is -0.466 e. The molecule has 0 fully saturated rings. The van der Waals surface area contributed by atoms with Crippen LogP contribution in [0.5, 0.6) is 0 Å². The molecule has 1 unspecified atom stereocenters. The topological polar surface area (TPSA) is 89.9 Å². The summed E-state index contributed by atoms with van der Waals surface area (Å²) in [5.74, 6) is -0.766. The lowest BCUT2D eigenvalue weighted by molar-refractivity contribution is -0.166. The molecule has 1 N–H and O–H groups in total. The fourth-order valence-electron chi connectivity index (χ4n) is 2.77. The average molecular weight is 373 g/mol. The second kappa shape index (κ2) is 7.65. The molecule has 0 saturated carbocycles. The van der Waals surface area contributed by atoms with Crippen LogP contribution in [-0.2, 0) is 20.8 Å². The highest BCUT2D eigenvalue weighted by molar-refractivity contribution is 7.09. The van der Waals surface area contributed by atoms with Gasteiger partial charge in [0.15, 0.2) is 0 Å². The Hall–Kier alpha value is -2.74. The highest BCUT2D eigenvalue weighted by atomic mass is 32.1. The largest absolute Gasteiger partial charge is 0.466 e.